The van der Waals surface area contributed by atoms with Gasteiger partial charge in [-0.3, -0.25) is 4.79 Å². The Bertz CT molecular complexity index is 316. The zero-order valence-corrected chi connectivity index (χ0v) is 12.7. The second-order valence-electron chi connectivity index (χ2n) is 7.04. The summed E-state index contributed by atoms with van der Waals surface area (Å²) in [6.45, 7) is 2.85. The molecule has 4 bridgehead atoms. The van der Waals surface area contributed by atoms with Gasteiger partial charge in [0, 0.05) is 17.8 Å². The molecule has 4 saturated carbocycles. The third kappa shape index (κ3) is 2.79. The summed E-state index contributed by atoms with van der Waals surface area (Å²) in [7, 11) is 0. The van der Waals surface area contributed by atoms with E-state index in [-0.39, 0.29) is 5.38 Å². The number of halogens is 1. The highest BCUT2D eigenvalue weighted by atomic mass is 35.5. The molecule has 4 rings (SSSR count). The molecule has 108 valence electrons. The van der Waals surface area contributed by atoms with Gasteiger partial charge in [-0.05, 0) is 68.6 Å². The number of hydrogen-bond donors (Lipinski definition) is 1. The van der Waals surface area contributed by atoms with Crippen LogP contribution in [0.2, 0.25) is 0 Å². The lowest BCUT2D eigenvalue weighted by atomic mass is 9.51. The van der Waals surface area contributed by atoms with Crippen molar-refractivity contribution < 1.29 is 4.79 Å². The topological polar surface area (TPSA) is 29.1 Å². The van der Waals surface area contributed by atoms with Crippen LogP contribution in [0.1, 0.15) is 51.9 Å². The van der Waals surface area contributed by atoms with Crippen LogP contribution in [-0.2, 0) is 4.79 Å². The summed E-state index contributed by atoms with van der Waals surface area (Å²) in [4.78, 5) is 12.4. The molecule has 4 aliphatic rings. The summed E-state index contributed by atoms with van der Waals surface area (Å²) in [5.41, 5.74) is 0. The Morgan fingerprint density at radius 1 is 1.16 bits per heavy atom. The molecule has 0 saturated heterocycles. The van der Waals surface area contributed by atoms with E-state index in [1.807, 2.05) is 0 Å². The fourth-order valence-corrected chi connectivity index (χ4v) is 5.14. The monoisotopic (exact) mass is 283 g/mol. The van der Waals surface area contributed by atoms with Gasteiger partial charge >= 0.3 is 0 Å². The normalized spacial score (nSPS) is 41.3. The maximum absolute atomic E-state index is 12.4. The van der Waals surface area contributed by atoms with E-state index in [2.05, 4.69) is 12.2 Å². The average Bonchev–Trinajstić information content (AvgIpc) is 2.37. The fourth-order valence-electron chi connectivity index (χ4n) is 5.03. The van der Waals surface area contributed by atoms with Crippen LogP contribution in [0.4, 0.5) is 0 Å². The van der Waals surface area contributed by atoms with E-state index in [4.69, 9.17) is 11.6 Å². The van der Waals surface area contributed by atoms with Gasteiger partial charge in [0.15, 0.2) is 0 Å². The van der Waals surface area contributed by atoms with E-state index < -0.39 is 0 Å². The van der Waals surface area contributed by atoms with Gasteiger partial charge in [-0.1, -0.05) is 6.92 Å². The molecule has 0 aromatic heterocycles. The van der Waals surface area contributed by atoms with E-state index in [0.717, 1.165) is 31.2 Å². The maximum atomic E-state index is 12.4. The van der Waals surface area contributed by atoms with Gasteiger partial charge in [-0.2, -0.15) is 0 Å². The van der Waals surface area contributed by atoms with Crippen molar-refractivity contribution in [2.75, 3.05) is 6.54 Å². The molecule has 0 radical (unpaired) electrons. The highest BCUT2D eigenvalue weighted by Gasteiger charge is 2.50. The average molecular weight is 284 g/mol. The molecule has 0 aliphatic heterocycles. The Morgan fingerprint density at radius 3 is 2.26 bits per heavy atom. The third-order valence-electron chi connectivity index (χ3n) is 5.73. The lowest BCUT2D eigenvalue weighted by molar-refractivity contribution is -0.138. The molecular formula is C16H26ClNO. The Kier molecular flexibility index (Phi) is 4.07. The molecular weight excluding hydrogens is 258 g/mol. The third-order valence-corrected chi connectivity index (χ3v) is 6.26. The largest absolute Gasteiger partial charge is 0.356 e. The molecule has 0 aromatic carbocycles. The van der Waals surface area contributed by atoms with Crippen LogP contribution in [0.5, 0.6) is 0 Å². The SMILES string of the molecule is CCC(Cl)CCNC(=O)C1C2CC3CC(C2)CC1C3. The number of carbonyl (C=O) groups excluding carboxylic acids is 1. The number of rotatable bonds is 5. The van der Waals surface area contributed by atoms with Crippen LogP contribution in [0.15, 0.2) is 0 Å². The highest BCUT2D eigenvalue weighted by molar-refractivity contribution is 6.20. The number of nitrogens with one attached hydrogen (secondary N) is 1. The van der Waals surface area contributed by atoms with E-state index in [9.17, 15) is 4.79 Å². The summed E-state index contributed by atoms with van der Waals surface area (Å²) < 4.78 is 0. The Morgan fingerprint density at radius 2 is 1.74 bits per heavy atom. The summed E-state index contributed by atoms with van der Waals surface area (Å²) in [6.07, 6.45) is 8.60. The second-order valence-corrected chi connectivity index (χ2v) is 7.66. The number of hydrogen-bond acceptors (Lipinski definition) is 1. The van der Waals surface area contributed by atoms with Crippen LogP contribution < -0.4 is 5.32 Å². The first-order valence-corrected chi connectivity index (χ1v) is 8.52. The van der Waals surface area contributed by atoms with Gasteiger partial charge < -0.3 is 5.32 Å². The van der Waals surface area contributed by atoms with E-state index >= 15 is 0 Å². The fraction of sp³-hybridized carbons (Fsp3) is 0.938. The zero-order valence-electron chi connectivity index (χ0n) is 11.9. The van der Waals surface area contributed by atoms with E-state index in [0.29, 0.717) is 23.7 Å². The van der Waals surface area contributed by atoms with Crippen molar-refractivity contribution in [1.82, 2.24) is 5.32 Å². The molecule has 0 spiro atoms. The number of carbonyl (C=O) groups is 1. The molecule has 1 N–H and O–H groups in total. The molecule has 1 atom stereocenters. The minimum Gasteiger partial charge on any atom is -0.356 e. The van der Waals surface area contributed by atoms with Gasteiger partial charge in [0.05, 0.1) is 0 Å². The molecule has 1 unspecified atom stereocenters. The van der Waals surface area contributed by atoms with Crippen molar-refractivity contribution in [3.05, 3.63) is 0 Å². The smallest absolute Gasteiger partial charge is 0.223 e. The molecule has 4 aliphatic carbocycles. The first-order chi connectivity index (χ1) is 9.17. The van der Waals surface area contributed by atoms with Crippen LogP contribution in [0.3, 0.4) is 0 Å². The maximum Gasteiger partial charge on any atom is 0.223 e. The molecule has 19 heavy (non-hydrogen) atoms. The van der Waals surface area contributed by atoms with Crippen LogP contribution >= 0.6 is 11.6 Å². The van der Waals surface area contributed by atoms with Crippen molar-refractivity contribution >= 4 is 17.5 Å². The summed E-state index contributed by atoms with van der Waals surface area (Å²) >= 11 is 6.10. The van der Waals surface area contributed by atoms with Crippen molar-refractivity contribution in [3.8, 4) is 0 Å². The van der Waals surface area contributed by atoms with Gasteiger partial charge in [-0.15, -0.1) is 11.6 Å². The van der Waals surface area contributed by atoms with Crippen LogP contribution in [-0.4, -0.2) is 17.8 Å². The lowest BCUT2D eigenvalue weighted by Crippen LogP contribution is -2.51. The summed E-state index contributed by atoms with van der Waals surface area (Å²) in [6, 6.07) is 0. The minimum absolute atomic E-state index is 0.207. The molecule has 4 fully saturated rings. The molecule has 2 nitrogen and oxygen atoms in total. The molecule has 3 heteroatoms. The van der Waals surface area contributed by atoms with Crippen molar-refractivity contribution in [1.29, 1.82) is 0 Å². The molecule has 1 amide bonds. The second kappa shape index (κ2) is 5.63. The minimum atomic E-state index is 0.207. The lowest BCUT2D eigenvalue weighted by Gasteiger charge is -2.53. The summed E-state index contributed by atoms with van der Waals surface area (Å²) in [5, 5.41) is 3.36. The van der Waals surface area contributed by atoms with E-state index in [1.165, 1.54) is 32.1 Å². The molecule has 0 aromatic rings. The predicted molar refractivity (Wildman–Crippen MR) is 78.1 cm³/mol. The van der Waals surface area contributed by atoms with Crippen LogP contribution in [0.25, 0.3) is 0 Å². The van der Waals surface area contributed by atoms with Crippen molar-refractivity contribution in [2.24, 2.45) is 29.6 Å². The first-order valence-electron chi connectivity index (χ1n) is 8.09. The summed E-state index contributed by atoms with van der Waals surface area (Å²) in [5.74, 6) is 3.91. The standard InChI is InChI=1S/C16H26ClNO/c1-2-14(17)3-4-18-16(19)15-12-6-10-5-11(8-12)9-13(15)7-10/h10-15H,2-9H2,1H3,(H,18,19). The van der Waals surface area contributed by atoms with Crippen molar-refractivity contribution in [2.45, 2.75) is 57.2 Å². The van der Waals surface area contributed by atoms with Crippen molar-refractivity contribution in [3.63, 3.8) is 0 Å². The Balaban J connectivity index is 1.53. The van der Waals surface area contributed by atoms with Gasteiger partial charge in [0.1, 0.15) is 0 Å². The molecule has 0 heterocycles. The van der Waals surface area contributed by atoms with Gasteiger partial charge in [0.25, 0.3) is 0 Å². The number of alkyl halides is 1. The quantitative estimate of drug-likeness (QED) is 0.768. The van der Waals surface area contributed by atoms with Crippen LogP contribution in [0, 0.1) is 29.6 Å². The van der Waals surface area contributed by atoms with E-state index in [1.54, 1.807) is 0 Å². The Hall–Kier alpha value is -0.240. The highest BCUT2D eigenvalue weighted by Crippen LogP contribution is 2.56. The number of amides is 1. The van der Waals surface area contributed by atoms with Gasteiger partial charge in [-0.25, -0.2) is 0 Å². The van der Waals surface area contributed by atoms with Gasteiger partial charge in [0.2, 0.25) is 5.91 Å². The first kappa shape index (κ1) is 13.7. The Labute approximate surface area is 121 Å². The zero-order chi connectivity index (χ0) is 13.4. The predicted octanol–water partition coefficient (Wildman–Crippen LogP) is 3.58.